The smallest absolute Gasteiger partial charge is 0.423 e. The maximum absolute atomic E-state index is 13.4. The zero-order valence-electron chi connectivity index (χ0n) is 8.80. The SMILES string of the molecule is O=S(=O)(NC1CC1)c1cc(B(O)O)ccc1F. The molecule has 1 saturated carbocycles. The van der Waals surface area contributed by atoms with E-state index in [-0.39, 0.29) is 11.5 Å². The van der Waals surface area contributed by atoms with E-state index in [0.29, 0.717) is 0 Å². The number of halogens is 1. The second-order valence-corrected chi connectivity index (χ2v) is 5.64. The molecule has 1 fully saturated rings. The molecule has 0 aliphatic heterocycles. The van der Waals surface area contributed by atoms with Crippen LogP contribution in [0.3, 0.4) is 0 Å². The fraction of sp³-hybridized carbons (Fsp3) is 0.333. The molecule has 0 saturated heterocycles. The van der Waals surface area contributed by atoms with E-state index >= 15 is 0 Å². The highest BCUT2D eigenvalue weighted by Crippen LogP contribution is 2.22. The summed E-state index contributed by atoms with van der Waals surface area (Å²) in [5, 5.41) is 17.8. The Morgan fingerprint density at radius 2 is 2.00 bits per heavy atom. The van der Waals surface area contributed by atoms with Gasteiger partial charge in [0.1, 0.15) is 10.7 Å². The van der Waals surface area contributed by atoms with Crippen LogP contribution in [0.1, 0.15) is 12.8 Å². The molecule has 17 heavy (non-hydrogen) atoms. The average Bonchev–Trinajstić information content (AvgIpc) is 3.00. The van der Waals surface area contributed by atoms with Crippen molar-refractivity contribution in [3.8, 4) is 0 Å². The first-order chi connectivity index (χ1) is 7.90. The van der Waals surface area contributed by atoms with Gasteiger partial charge in [0, 0.05) is 6.04 Å². The third kappa shape index (κ3) is 2.84. The van der Waals surface area contributed by atoms with Gasteiger partial charge in [0.2, 0.25) is 10.0 Å². The molecule has 0 unspecified atom stereocenters. The monoisotopic (exact) mass is 259 g/mol. The second-order valence-electron chi connectivity index (χ2n) is 3.96. The number of benzene rings is 1. The second kappa shape index (κ2) is 4.38. The summed E-state index contributed by atoms with van der Waals surface area (Å²) in [5.74, 6) is -0.914. The van der Waals surface area contributed by atoms with E-state index in [9.17, 15) is 12.8 Å². The Labute approximate surface area is 98.5 Å². The van der Waals surface area contributed by atoms with Crippen LogP contribution in [-0.2, 0) is 10.0 Å². The van der Waals surface area contributed by atoms with E-state index in [1.807, 2.05) is 0 Å². The molecule has 8 heteroatoms. The van der Waals surface area contributed by atoms with Crippen molar-refractivity contribution in [3.63, 3.8) is 0 Å². The molecule has 0 radical (unpaired) electrons. The van der Waals surface area contributed by atoms with Gasteiger partial charge >= 0.3 is 7.12 Å². The van der Waals surface area contributed by atoms with Gasteiger partial charge in [0.25, 0.3) is 0 Å². The van der Waals surface area contributed by atoms with Gasteiger partial charge in [-0.1, -0.05) is 6.07 Å². The molecule has 1 aliphatic rings. The first-order valence-electron chi connectivity index (χ1n) is 5.08. The fourth-order valence-electron chi connectivity index (χ4n) is 1.37. The largest absolute Gasteiger partial charge is 0.488 e. The summed E-state index contributed by atoms with van der Waals surface area (Å²) < 4.78 is 39.3. The van der Waals surface area contributed by atoms with Crippen molar-refractivity contribution in [3.05, 3.63) is 24.0 Å². The summed E-state index contributed by atoms with van der Waals surface area (Å²) in [6.45, 7) is 0. The maximum Gasteiger partial charge on any atom is 0.488 e. The molecule has 5 nitrogen and oxygen atoms in total. The van der Waals surface area contributed by atoms with Gasteiger partial charge in [0.05, 0.1) is 0 Å². The lowest BCUT2D eigenvalue weighted by Crippen LogP contribution is -2.33. The van der Waals surface area contributed by atoms with Crippen molar-refractivity contribution >= 4 is 22.6 Å². The Hall–Kier alpha value is -0.955. The Balaban J connectivity index is 2.38. The van der Waals surface area contributed by atoms with Gasteiger partial charge < -0.3 is 10.0 Å². The molecule has 1 aromatic carbocycles. The van der Waals surface area contributed by atoms with Crippen LogP contribution in [0.5, 0.6) is 0 Å². The summed E-state index contributed by atoms with van der Waals surface area (Å²) in [6.07, 6.45) is 1.48. The fourth-order valence-corrected chi connectivity index (χ4v) is 2.79. The van der Waals surface area contributed by atoms with Crippen LogP contribution in [0.25, 0.3) is 0 Å². The molecule has 92 valence electrons. The molecule has 1 aliphatic carbocycles. The molecule has 2 rings (SSSR count). The van der Waals surface area contributed by atoms with Crippen LogP contribution in [0.15, 0.2) is 23.1 Å². The Morgan fingerprint density at radius 1 is 1.35 bits per heavy atom. The summed E-state index contributed by atoms with van der Waals surface area (Å²) in [4.78, 5) is -0.560. The number of hydrogen-bond acceptors (Lipinski definition) is 4. The summed E-state index contributed by atoms with van der Waals surface area (Å²) in [7, 11) is -5.76. The van der Waals surface area contributed by atoms with Crippen LogP contribution in [0.4, 0.5) is 4.39 Å². The van der Waals surface area contributed by atoms with Crippen molar-refractivity contribution in [2.75, 3.05) is 0 Å². The highest BCUT2D eigenvalue weighted by molar-refractivity contribution is 7.89. The quantitative estimate of drug-likeness (QED) is 0.602. The van der Waals surface area contributed by atoms with Crippen molar-refractivity contribution in [1.82, 2.24) is 4.72 Å². The van der Waals surface area contributed by atoms with Crippen molar-refractivity contribution in [2.24, 2.45) is 0 Å². The summed E-state index contributed by atoms with van der Waals surface area (Å²) in [5.41, 5.74) is -0.0671. The average molecular weight is 259 g/mol. The molecular formula is C9H11BFNO4S. The third-order valence-corrected chi connectivity index (χ3v) is 3.98. The number of rotatable bonds is 4. The molecule has 1 aromatic rings. The first kappa shape index (κ1) is 12.5. The molecule has 0 bridgehead atoms. The molecule has 3 N–H and O–H groups in total. The lowest BCUT2D eigenvalue weighted by Gasteiger charge is -2.08. The predicted octanol–water partition coefficient (Wildman–Crippen LogP) is -1.05. The molecule has 0 heterocycles. The topological polar surface area (TPSA) is 86.6 Å². The molecule has 0 amide bonds. The maximum atomic E-state index is 13.4. The zero-order valence-corrected chi connectivity index (χ0v) is 9.61. The molecular weight excluding hydrogens is 248 g/mol. The van der Waals surface area contributed by atoms with Gasteiger partial charge in [-0.3, -0.25) is 0 Å². The van der Waals surface area contributed by atoms with E-state index in [2.05, 4.69) is 4.72 Å². The lowest BCUT2D eigenvalue weighted by molar-refractivity contribution is 0.425. The predicted molar refractivity (Wildman–Crippen MR) is 59.6 cm³/mol. The van der Waals surface area contributed by atoms with Gasteiger partial charge in [-0.15, -0.1) is 0 Å². The van der Waals surface area contributed by atoms with Gasteiger partial charge in [-0.25, -0.2) is 17.5 Å². The van der Waals surface area contributed by atoms with Crippen molar-refractivity contribution < 1.29 is 22.9 Å². The van der Waals surface area contributed by atoms with E-state index < -0.39 is 27.9 Å². The summed E-state index contributed by atoms with van der Waals surface area (Å²) in [6, 6.07) is 2.80. The summed E-state index contributed by atoms with van der Waals surface area (Å²) >= 11 is 0. The zero-order chi connectivity index (χ0) is 12.6. The van der Waals surface area contributed by atoms with Gasteiger partial charge in [-0.05, 0) is 30.4 Å². The number of hydrogen-bond donors (Lipinski definition) is 3. The van der Waals surface area contributed by atoms with Crippen LogP contribution < -0.4 is 10.2 Å². The molecule has 0 atom stereocenters. The highest BCUT2D eigenvalue weighted by Gasteiger charge is 2.30. The lowest BCUT2D eigenvalue weighted by atomic mass is 9.80. The van der Waals surface area contributed by atoms with E-state index in [0.717, 1.165) is 31.0 Å². The Morgan fingerprint density at radius 3 is 2.53 bits per heavy atom. The normalized spacial score (nSPS) is 15.9. The van der Waals surface area contributed by atoms with Crippen molar-refractivity contribution in [2.45, 2.75) is 23.8 Å². The standard InChI is InChI=1S/C9H11BFNO4S/c11-8-4-1-6(10(13)14)5-9(8)17(15,16)12-7-2-3-7/h1,4-5,7,12-14H,2-3H2. The first-order valence-corrected chi connectivity index (χ1v) is 6.56. The van der Waals surface area contributed by atoms with Crippen LogP contribution in [-0.4, -0.2) is 31.6 Å². The molecule has 0 aromatic heterocycles. The minimum absolute atomic E-state index is 0.0671. The highest BCUT2D eigenvalue weighted by atomic mass is 32.2. The van der Waals surface area contributed by atoms with Gasteiger partial charge in [0.15, 0.2) is 0 Å². The van der Waals surface area contributed by atoms with Crippen LogP contribution in [0, 0.1) is 5.82 Å². The number of sulfonamides is 1. The third-order valence-electron chi connectivity index (χ3n) is 2.44. The Bertz CT molecular complexity index is 530. The van der Waals surface area contributed by atoms with Crippen LogP contribution >= 0.6 is 0 Å². The minimum atomic E-state index is -3.93. The van der Waals surface area contributed by atoms with E-state index in [1.165, 1.54) is 0 Å². The number of nitrogens with one attached hydrogen (secondary N) is 1. The van der Waals surface area contributed by atoms with Crippen LogP contribution in [0.2, 0.25) is 0 Å². The van der Waals surface area contributed by atoms with E-state index in [4.69, 9.17) is 10.0 Å². The van der Waals surface area contributed by atoms with Crippen molar-refractivity contribution in [1.29, 1.82) is 0 Å². The van der Waals surface area contributed by atoms with E-state index in [1.54, 1.807) is 0 Å². The van der Waals surface area contributed by atoms with Gasteiger partial charge in [-0.2, -0.15) is 0 Å². The minimum Gasteiger partial charge on any atom is -0.423 e. The Kier molecular flexibility index (Phi) is 3.22. The molecule has 0 spiro atoms.